The number of rotatable bonds is 2. The van der Waals surface area contributed by atoms with E-state index in [-0.39, 0.29) is 23.9 Å². The van der Waals surface area contributed by atoms with Crippen LogP contribution in [0.3, 0.4) is 0 Å². The number of aliphatic hydroxyl groups excluding tert-OH is 1. The largest absolute Gasteiger partial charge is 0.388 e. The number of halogens is 3. The van der Waals surface area contributed by atoms with Gasteiger partial charge in [-0.3, -0.25) is 0 Å². The molecule has 2 atom stereocenters. The second-order valence-corrected chi connectivity index (χ2v) is 4.01. The molecule has 0 spiro atoms. The van der Waals surface area contributed by atoms with Crippen molar-refractivity contribution in [3.8, 4) is 0 Å². The minimum atomic E-state index is -0.788. The van der Waals surface area contributed by atoms with Crippen LogP contribution in [0.2, 0.25) is 5.02 Å². The van der Waals surface area contributed by atoms with E-state index in [2.05, 4.69) is 5.32 Å². The van der Waals surface area contributed by atoms with Crippen molar-refractivity contribution in [3.63, 3.8) is 0 Å². The molecule has 88 valence electrons. The summed E-state index contributed by atoms with van der Waals surface area (Å²) >= 11 is 5.70. The van der Waals surface area contributed by atoms with Crippen LogP contribution in [0.25, 0.3) is 0 Å². The normalized spacial score (nSPS) is 24.8. The van der Waals surface area contributed by atoms with Crippen molar-refractivity contribution in [1.29, 1.82) is 0 Å². The highest BCUT2D eigenvalue weighted by atomic mass is 35.5. The van der Waals surface area contributed by atoms with Gasteiger partial charge in [-0.2, -0.15) is 0 Å². The molecule has 2 N–H and O–H groups in total. The quantitative estimate of drug-likeness (QED) is 0.840. The van der Waals surface area contributed by atoms with E-state index >= 15 is 0 Å². The lowest BCUT2D eigenvalue weighted by atomic mass is 10.2. The maximum Gasteiger partial charge on any atom is 0.150 e. The van der Waals surface area contributed by atoms with E-state index in [0.717, 1.165) is 12.1 Å². The second-order valence-electron chi connectivity index (χ2n) is 3.60. The molecule has 0 radical (unpaired) electrons. The topological polar surface area (TPSA) is 41.5 Å². The molecule has 6 heteroatoms. The SMILES string of the molecule is OC1COCC1Nc1c(F)cc(F)cc1Cl. The van der Waals surface area contributed by atoms with Gasteiger partial charge in [-0.05, 0) is 6.07 Å². The van der Waals surface area contributed by atoms with Crippen LogP contribution in [-0.4, -0.2) is 30.5 Å². The van der Waals surface area contributed by atoms with Crippen molar-refractivity contribution >= 4 is 17.3 Å². The first-order valence-electron chi connectivity index (χ1n) is 4.75. The molecule has 2 rings (SSSR count). The van der Waals surface area contributed by atoms with E-state index in [9.17, 15) is 13.9 Å². The molecular formula is C10H10ClF2NO2. The lowest BCUT2D eigenvalue weighted by molar-refractivity contribution is 0.125. The Labute approximate surface area is 96.0 Å². The van der Waals surface area contributed by atoms with Crippen LogP contribution in [0.5, 0.6) is 0 Å². The van der Waals surface area contributed by atoms with E-state index in [0.29, 0.717) is 0 Å². The summed E-state index contributed by atoms with van der Waals surface area (Å²) in [5, 5.41) is 12.1. The van der Waals surface area contributed by atoms with Crippen LogP contribution >= 0.6 is 11.6 Å². The van der Waals surface area contributed by atoms with Crippen molar-refractivity contribution in [2.45, 2.75) is 12.1 Å². The molecule has 1 heterocycles. The first-order chi connectivity index (χ1) is 7.58. The molecule has 1 aromatic rings. The van der Waals surface area contributed by atoms with Gasteiger partial charge in [0, 0.05) is 6.07 Å². The Balaban J connectivity index is 2.21. The first kappa shape index (κ1) is 11.6. The molecule has 0 amide bonds. The molecule has 16 heavy (non-hydrogen) atoms. The maximum atomic E-state index is 13.4. The third-order valence-electron chi connectivity index (χ3n) is 2.39. The van der Waals surface area contributed by atoms with Crippen molar-refractivity contribution < 1.29 is 18.6 Å². The summed E-state index contributed by atoms with van der Waals surface area (Å²) in [5.74, 6) is -1.53. The zero-order valence-corrected chi connectivity index (χ0v) is 8.97. The van der Waals surface area contributed by atoms with Crippen molar-refractivity contribution in [2.75, 3.05) is 18.5 Å². The van der Waals surface area contributed by atoms with Crippen LogP contribution in [0, 0.1) is 11.6 Å². The number of aliphatic hydroxyl groups is 1. The standard InChI is InChI=1S/C10H10ClF2NO2/c11-6-1-5(12)2-7(13)10(6)14-8-3-16-4-9(8)15/h1-2,8-9,14-15H,3-4H2. The van der Waals surface area contributed by atoms with Gasteiger partial charge in [-0.15, -0.1) is 0 Å². The Morgan fingerprint density at radius 2 is 2.12 bits per heavy atom. The van der Waals surface area contributed by atoms with E-state index in [1.54, 1.807) is 0 Å². The number of benzene rings is 1. The molecule has 1 fully saturated rings. The highest BCUT2D eigenvalue weighted by Crippen LogP contribution is 2.28. The average molecular weight is 250 g/mol. The third-order valence-corrected chi connectivity index (χ3v) is 2.69. The molecule has 0 saturated carbocycles. The van der Waals surface area contributed by atoms with Crippen molar-refractivity contribution in [1.82, 2.24) is 0 Å². The summed E-state index contributed by atoms with van der Waals surface area (Å²) < 4.78 is 31.1. The summed E-state index contributed by atoms with van der Waals surface area (Å²) in [4.78, 5) is 0. The van der Waals surface area contributed by atoms with Crippen LogP contribution in [0.4, 0.5) is 14.5 Å². The summed E-state index contributed by atoms with van der Waals surface area (Å²) in [6, 6.07) is 1.31. The van der Waals surface area contributed by atoms with Gasteiger partial charge in [0.15, 0.2) is 5.82 Å². The Kier molecular flexibility index (Phi) is 3.28. The summed E-state index contributed by atoms with van der Waals surface area (Å²) in [7, 11) is 0. The average Bonchev–Trinajstić information content (AvgIpc) is 2.57. The molecule has 1 aliphatic heterocycles. The smallest absolute Gasteiger partial charge is 0.150 e. The maximum absolute atomic E-state index is 13.4. The molecule has 0 bridgehead atoms. The van der Waals surface area contributed by atoms with Crippen LogP contribution in [0.15, 0.2) is 12.1 Å². The highest BCUT2D eigenvalue weighted by Gasteiger charge is 2.27. The molecule has 1 aliphatic rings. The van der Waals surface area contributed by atoms with E-state index in [4.69, 9.17) is 16.3 Å². The molecule has 0 aromatic heterocycles. The van der Waals surface area contributed by atoms with Gasteiger partial charge in [0.25, 0.3) is 0 Å². The predicted molar refractivity (Wildman–Crippen MR) is 55.6 cm³/mol. The minimum absolute atomic E-state index is 0.0161. The van der Waals surface area contributed by atoms with Gasteiger partial charge in [0.2, 0.25) is 0 Å². The van der Waals surface area contributed by atoms with Crippen LogP contribution < -0.4 is 5.32 Å². The number of anilines is 1. The summed E-state index contributed by atoms with van der Waals surface area (Å²) in [6.45, 7) is 0.451. The van der Waals surface area contributed by atoms with E-state index in [1.807, 2.05) is 0 Å². The number of ether oxygens (including phenoxy) is 1. The predicted octanol–water partition coefficient (Wildman–Crippen LogP) is 1.79. The lowest BCUT2D eigenvalue weighted by Gasteiger charge is -2.17. The molecule has 3 nitrogen and oxygen atoms in total. The van der Waals surface area contributed by atoms with E-state index in [1.165, 1.54) is 0 Å². The minimum Gasteiger partial charge on any atom is -0.388 e. The number of hydrogen-bond acceptors (Lipinski definition) is 3. The molecule has 1 aromatic carbocycles. The molecule has 1 saturated heterocycles. The Morgan fingerprint density at radius 1 is 1.38 bits per heavy atom. The van der Waals surface area contributed by atoms with Gasteiger partial charge < -0.3 is 15.2 Å². The summed E-state index contributed by atoms with van der Waals surface area (Å²) in [6.07, 6.45) is -0.722. The van der Waals surface area contributed by atoms with Gasteiger partial charge in [0.1, 0.15) is 5.82 Å². The van der Waals surface area contributed by atoms with Crippen molar-refractivity contribution in [3.05, 3.63) is 28.8 Å². The molecule has 2 unspecified atom stereocenters. The van der Waals surface area contributed by atoms with Gasteiger partial charge in [-0.25, -0.2) is 8.78 Å². The van der Waals surface area contributed by atoms with Gasteiger partial charge in [-0.1, -0.05) is 11.6 Å². The van der Waals surface area contributed by atoms with Crippen LogP contribution in [-0.2, 0) is 4.74 Å². The van der Waals surface area contributed by atoms with Gasteiger partial charge in [0.05, 0.1) is 36.1 Å². The monoisotopic (exact) mass is 249 g/mol. The Hall–Kier alpha value is -0.910. The highest BCUT2D eigenvalue weighted by molar-refractivity contribution is 6.33. The molecule has 0 aliphatic carbocycles. The fourth-order valence-electron chi connectivity index (χ4n) is 1.55. The third kappa shape index (κ3) is 2.26. The van der Waals surface area contributed by atoms with Crippen molar-refractivity contribution in [2.24, 2.45) is 0 Å². The number of hydrogen-bond donors (Lipinski definition) is 2. The zero-order valence-electron chi connectivity index (χ0n) is 8.21. The van der Waals surface area contributed by atoms with E-state index < -0.39 is 23.8 Å². The molecular weight excluding hydrogens is 240 g/mol. The summed E-state index contributed by atoms with van der Waals surface area (Å²) in [5.41, 5.74) is -0.0161. The van der Waals surface area contributed by atoms with Crippen LogP contribution in [0.1, 0.15) is 0 Å². The first-order valence-corrected chi connectivity index (χ1v) is 5.12. The second kappa shape index (κ2) is 4.53. The zero-order chi connectivity index (χ0) is 11.7. The fraction of sp³-hybridized carbons (Fsp3) is 0.400. The van der Waals surface area contributed by atoms with Gasteiger partial charge >= 0.3 is 0 Å². The number of nitrogens with one attached hydrogen (secondary N) is 1. The fourth-order valence-corrected chi connectivity index (χ4v) is 1.80. The lowest BCUT2D eigenvalue weighted by Crippen LogP contribution is -2.32. The Bertz CT molecular complexity index is 379. The Morgan fingerprint density at radius 3 is 2.69 bits per heavy atom.